The lowest BCUT2D eigenvalue weighted by atomic mass is 10.3. The Balaban J connectivity index is 3.45. The van der Waals surface area contributed by atoms with E-state index in [0.717, 1.165) is 0 Å². The summed E-state index contributed by atoms with van der Waals surface area (Å²) >= 11 is 4.47. The smallest absolute Gasteiger partial charge is 0.268 e. The Morgan fingerprint density at radius 1 is 0.867 bits per heavy atom. The van der Waals surface area contributed by atoms with E-state index in [2.05, 4.69) is 0 Å². The van der Waals surface area contributed by atoms with Crippen LogP contribution in [0, 0.1) is 29.1 Å². The van der Waals surface area contributed by atoms with Crippen LogP contribution in [0.5, 0.6) is 0 Å². The standard InChI is InChI=1S/C7ClF5OS/c8-7(14)15-6-4(12)2(10)1(9)3(11)5(6)13. The predicted octanol–water partition coefficient (Wildman–Crippen LogP) is 3.83. The fourth-order valence-corrected chi connectivity index (χ4v) is 1.50. The number of hydrogen-bond acceptors (Lipinski definition) is 2. The van der Waals surface area contributed by atoms with Gasteiger partial charge in [-0.25, -0.2) is 22.0 Å². The largest absolute Gasteiger partial charge is 0.284 e. The van der Waals surface area contributed by atoms with Crippen molar-refractivity contribution in [1.29, 1.82) is 0 Å². The van der Waals surface area contributed by atoms with Crippen LogP contribution in [-0.2, 0) is 0 Å². The minimum atomic E-state index is -2.28. The van der Waals surface area contributed by atoms with Crippen molar-refractivity contribution in [2.75, 3.05) is 0 Å². The molecule has 0 spiro atoms. The van der Waals surface area contributed by atoms with E-state index in [1.165, 1.54) is 0 Å². The number of rotatable bonds is 1. The van der Waals surface area contributed by atoms with E-state index >= 15 is 0 Å². The summed E-state index contributed by atoms with van der Waals surface area (Å²) in [5.74, 6) is -10.7. The molecule has 0 radical (unpaired) electrons. The Labute approximate surface area is 89.2 Å². The Kier molecular flexibility index (Phi) is 3.56. The van der Waals surface area contributed by atoms with Crippen LogP contribution in [0.25, 0.3) is 0 Å². The van der Waals surface area contributed by atoms with Crippen LogP contribution in [0.3, 0.4) is 0 Å². The molecule has 0 fully saturated rings. The van der Waals surface area contributed by atoms with Gasteiger partial charge >= 0.3 is 0 Å². The number of thioether (sulfide) groups is 1. The van der Waals surface area contributed by atoms with Gasteiger partial charge in [0.15, 0.2) is 23.3 Å². The molecule has 1 nitrogen and oxygen atoms in total. The first-order valence-corrected chi connectivity index (χ1v) is 4.44. The van der Waals surface area contributed by atoms with Gasteiger partial charge in [0.1, 0.15) is 0 Å². The molecule has 0 aliphatic carbocycles. The lowest BCUT2D eigenvalue weighted by molar-refractivity contribution is 0.275. The van der Waals surface area contributed by atoms with Gasteiger partial charge in [-0.2, -0.15) is 0 Å². The molecule has 0 aliphatic rings. The molecular weight excluding hydrogens is 263 g/mol. The molecule has 0 amide bonds. The molecule has 0 unspecified atom stereocenters. The summed E-state index contributed by atoms with van der Waals surface area (Å²) in [6, 6.07) is 0. The van der Waals surface area contributed by atoms with Crippen molar-refractivity contribution in [3.05, 3.63) is 29.1 Å². The molecule has 0 saturated heterocycles. The zero-order chi connectivity index (χ0) is 11.7. The third-order valence-corrected chi connectivity index (χ3v) is 2.31. The molecule has 0 N–H and O–H groups in total. The minimum Gasteiger partial charge on any atom is -0.268 e. The zero-order valence-corrected chi connectivity index (χ0v) is 8.16. The highest BCUT2D eigenvalue weighted by Crippen LogP contribution is 2.32. The Hall–Kier alpha value is -0.820. The Bertz CT molecular complexity index is 407. The van der Waals surface area contributed by atoms with Gasteiger partial charge in [-0.1, -0.05) is 0 Å². The van der Waals surface area contributed by atoms with Crippen LogP contribution in [0.15, 0.2) is 4.90 Å². The van der Waals surface area contributed by atoms with Crippen molar-refractivity contribution in [3.8, 4) is 0 Å². The molecule has 0 aliphatic heterocycles. The zero-order valence-electron chi connectivity index (χ0n) is 6.58. The summed E-state index contributed by atoms with van der Waals surface area (Å²) in [7, 11) is 0. The van der Waals surface area contributed by atoms with Crippen molar-refractivity contribution in [2.24, 2.45) is 0 Å². The third-order valence-electron chi connectivity index (χ3n) is 1.35. The maximum absolute atomic E-state index is 12.8. The second kappa shape index (κ2) is 4.36. The highest BCUT2D eigenvalue weighted by atomic mass is 35.5. The van der Waals surface area contributed by atoms with Gasteiger partial charge < -0.3 is 0 Å². The van der Waals surface area contributed by atoms with E-state index in [-0.39, 0.29) is 11.8 Å². The van der Waals surface area contributed by atoms with Crippen molar-refractivity contribution in [2.45, 2.75) is 4.90 Å². The molecule has 0 saturated carbocycles. The number of hydrogen-bond donors (Lipinski definition) is 0. The summed E-state index contributed by atoms with van der Waals surface area (Å²) in [4.78, 5) is 8.97. The first-order valence-electron chi connectivity index (χ1n) is 3.25. The average Bonchev–Trinajstić information content (AvgIpc) is 2.18. The normalized spacial score (nSPS) is 10.5. The molecule has 1 aromatic carbocycles. The van der Waals surface area contributed by atoms with E-state index in [1.54, 1.807) is 0 Å². The molecule has 8 heteroatoms. The van der Waals surface area contributed by atoms with Gasteiger partial charge in [0.25, 0.3) is 4.57 Å². The second-order valence-corrected chi connectivity index (χ2v) is 3.79. The maximum atomic E-state index is 12.8. The van der Waals surface area contributed by atoms with Crippen LogP contribution in [0.1, 0.15) is 0 Å². The van der Waals surface area contributed by atoms with Crippen molar-refractivity contribution >= 4 is 27.9 Å². The molecule has 15 heavy (non-hydrogen) atoms. The van der Waals surface area contributed by atoms with E-state index in [9.17, 15) is 26.7 Å². The Morgan fingerprint density at radius 2 is 1.20 bits per heavy atom. The summed E-state index contributed by atoms with van der Waals surface area (Å²) in [6.45, 7) is 0. The van der Waals surface area contributed by atoms with E-state index < -0.39 is 38.6 Å². The summed E-state index contributed by atoms with van der Waals surface area (Å²) in [6.07, 6.45) is 0. The molecule has 0 heterocycles. The maximum Gasteiger partial charge on any atom is 0.284 e. The van der Waals surface area contributed by atoms with Crippen LogP contribution in [0.2, 0.25) is 0 Å². The second-order valence-electron chi connectivity index (χ2n) is 2.24. The number of carbonyl (C=O) groups is 1. The molecule has 82 valence electrons. The molecule has 0 bridgehead atoms. The van der Waals surface area contributed by atoms with Gasteiger partial charge in [-0.15, -0.1) is 0 Å². The van der Waals surface area contributed by atoms with E-state index in [4.69, 9.17) is 11.6 Å². The summed E-state index contributed by atoms with van der Waals surface area (Å²) in [5.41, 5.74) is 0. The lowest BCUT2D eigenvalue weighted by Crippen LogP contribution is -2.03. The van der Waals surface area contributed by atoms with Crippen molar-refractivity contribution < 1.29 is 26.7 Å². The van der Waals surface area contributed by atoms with Gasteiger partial charge in [0.05, 0.1) is 4.90 Å². The van der Waals surface area contributed by atoms with Crippen molar-refractivity contribution in [1.82, 2.24) is 0 Å². The monoisotopic (exact) mass is 262 g/mol. The molecule has 0 atom stereocenters. The van der Waals surface area contributed by atoms with Crippen LogP contribution in [-0.4, -0.2) is 4.57 Å². The number of halogens is 6. The van der Waals surface area contributed by atoms with Gasteiger partial charge in [-0.05, 0) is 23.4 Å². The first-order chi connectivity index (χ1) is 6.86. The Morgan fingerprint density at radius 3 is 1.53 bits per heavy atom. The highest BCUT2D eigenvalue weighted by Gasteiger charge is 2.27. The molecule has 1 aromatic rings. The topological polar surface area (TPSA) is 17.1 Å². The third kappa shape index (κ3) is 2.23. The summed E-state index contributed by atoms with van der Waals surface area (Å²) in [5, 5.41) is 0. The molecular formula is C7ClF5OS. The highest BCUT2D eigenvalue weighted by molar-refractivity contribution is 8.16. The fourth-order valence-electron chi connectivity index (χ4n) is 0.755. The van der Waals surface area contributed by atoms with E-state index in [0.29, 0.717) is 0 Å². The minimum absolute atomic E-state index is 0.281. The van der Waals surface area contributed by atoms with Gasteiger partial charge in [0.2, 0.25) is 5.82 Å². The van der Waals surface area contributed by atoms with Gasteiger partial charge in [-0.3, -0.25) is 4.79 Å². The number of benzene rings is 1. The molecule has 1 rings (SSSR count). The fraction of sp³-hybridized carbons (Fsp3) is 0. The predicted molar refractivity (Wildman–Crippen MR) is 43.3 cm³/mol. The summed E-state index contributed by atoms with van der Waals surface area (Å²) < 4.78 is 61.8. The van der Waals surface area contributed by atoms with Crippen LogP contribution >= 0.6 is 23.4 Å². The van der Waals surface area contributed by atoms with E-state index in [1.807, 2.05) is 0 Å². The average molecular weight is 263 g/mol. The SMILES string of the molecule is O=C(Cl)Sc1c(F)c(F)c(F)c(F)c1F. The van der Waals surface area contributed by atoms with Crippen molar-refractivity contribution in [3.63, 3.8) is 0 Å². The van der Waals surface area contributed by atoms with Crippen LogP contribution < -0.4 is 0 Å². The number of carbonyl (C=O) groups excluding carboxylic acids is 1. The van der Waals surface area contributed by atoms with Crippen LogP contribution in [0.4, 0.5) is 26.7 Å². The molecule has 0 aromatic heterocycles. The lowest BCUT2D eigenvalue weighted by Gasteiger charge is -2.04. The first kappa shape index (κ1) is 12.3. The van der Waals surface area contributed by atoms with Gasteiger partial charge in [0, 0.05) is 0 Å². The quantitative estimate of drug-likeness (QED) is 0.251.